The lowest BCUT2D eigenvalue weighted by molar-refractivity contribution is 0.0539. The third kappa shape index (κ3) is 3.42. The number of nitrogens with two attached hydrogens (primary N) is 1. The maximum Gasteiger partial charge on any atom is 0.247 e. The lowest BCUT2D eigenvalue weighted by Crippen LogP contribution is -2.40. The summed E-state index contributed by atoms with van der Waals surface area (Å²) in [5.74, 6) is 1.10. The number of primary sulfonamides is 1. The van der Waals surface area contributed by atoms with E-state index >= 15 is 0 Å². The van der Waals surface area contributed by atoms with Gasteiger partial charge in [-0.1, -0.05) is 6.07 Å². The predicted molar refractivity (Wildman–Crippen MR) is 103 cm³/mol. The zero-order chi connectivity index (χ0) is 18.3. The maximum absolute atomic E-state index is 11.7. The largest absolute Gasteiger partial charge is 0.508 e. The molecule has 1 aromatic carbocycles. The second-order valence-electron chi connectivity index (χ2n) is 5.86. The fourth-order valence-electron chi connectivity index (χ4n) is 2.82. The van der Waals surface area contributed by atoms with E-state index < -0.39 is 10.0 Å². The molecule has 1 saturated heterocycles. The Labute approximate surface area is 159 Å². The van der Waals surface area contributed by atoms with Crippen molar-refractivity contribution in [1.82, 2.24) is 4.90 Å². The van der Waals surface area contributed by atoms with Gasteiger partial charge in [0.25, 0.3) is 0 Å². The third-order valence-corrected chi connectivity index (χ3v) is 7.87. The highest BCUT2D eigenvalue weighted by Crippen LogP contribution is 2.46. The minimum atomic E-state index is -3.74. The number of hydrogen-bond donors (Lipinski definition) is 2. The van der Waals surface area contributed by atoms with Gasteiger partial charge in [0.1, 0.15) is 15.8 Å². The van der Waals surface area contributed by atoms with Gasteiger partial charge in [0.2, 0.25) is 10.0 Å². The van der Waals surface area contributed by atoms with Gasteiger partial charge >= 0.3 is 0 Å². The second-order valence-corrected chi connectivity index (χ2v) is 9.92. The van der Waals surface area contributed by atoms with Gasteiger partial charge in [0.05, 0.1) is 23.1 Å². The van der Waals surface area contributed by atoms with Crippen LogP contribution in [0.25, 0.3) is 6.08 Å². The van der Waals surface area contributed by atoms with E-state index in [9.17, 15) is 13.5 Å². The summed E-state index contributed by atoms with van der Waals surface area (Å²) >= 11 is 2.58. The van der Waals surface area contributed by atoms with E-state index in [4.69, 9.17) is 9.88 Å². The van der Waals surface area contributed by atoms with Gasteiger partial charge in [-0.2, -0.15) is 0 Å². The number of benzene rings is 1. The molecule has 0 radical (unpaired) electrons. The highest BCUT2D eigenvalue weighted by atomic mass is 32.3. The van der Waals surface area contributed by atoms with Crippen molar-refractivity contribution in [3.8, 4) is 5.75 Å². The first-order valence-corrected chi connectivity index (χ1v) is 11.0. The summed E-state index contributed by atoms with van der Waals surface area (Å²) in [5, 5.41) is 15.2. The molecular formula is C16H17N3O4S3. The summed E-state index contributed by atoms with van der Waals surface area (Å²) in [5.41, 5.74) is 1.64. The van der Waals surface area contributed by atoms with Crippen LogP contribution in [0.2, 0.25) is 0 Å². The van der Waals surface area contributed by atoms with Crippen LogP contribution in [0.1, 0.15) is 5.56 Å². The van der Waals surface area contributed by atoms with Crippen LogP contribution in [-0.4, -0.2) is 44.7 Å². The highest BCUT2D eigenvalue weighted by Gasteiger charge is 2.29. The standard InChI is InChI=1S/C16H17N3O4S3/c17-26(21,22)15-9-11-8-14(18-4-6-23-7-5-18)19(25-16(11)24-15)12-2-1-3-13(20)10-12/h1-3,8-10,20H,4-7H2,(H2,17,21,22). The molecule has 0 bridgehead atoms. The monoisotopic (exact) mass is 411 g/mol. The van der Waals surface area contributed by atoms with E-state index in [1.54, 1.807) is 24.3 Å². The molecule has 2 aliphatic heterocycles. The Kier molecular flexibility index (Phi) is 4.61. The number of rotatable bonds is 3. The van der Waals surface area contributed by atoms with E-state index in [2.05, 4.69) is 4.90 Å². The lowest BCUT2D eigenvalue weighted by Gasteiger charge is -2.38. The molecule has 2 aliphatic rings. The fraction of sp³-hybridized carbons (Fsp3) is 0.250. The normalized spacial score (nSPS) is 17.8. The molecule has 138 valence electrons. The van der Waals surface area contributed by atoms with Gasteiger partial charge < -0.3 is 14.7 Å². The molecule has 0 saturated carbocycles. The average molecular weight is 412 g/mol. The quantitative estimate of drug-likeness (QED) is 0.748. The first kappa shape index (κ1) is 17.7. The van der Waals surface area contributed by atoms with Gasteiger partial charge in [-0.3, -0.25) is 4.31 Å². The number of anilines is 1. The third-order valence-electron chi connectivity index (χ3n) is 4.05. The molecule has 1 aromatic heterocycles. The van der Waals surface area contributed by atoms with Crippen LogP contribution in [0.15, 0.2) is 44.6 Å². The molecule has 0 aliphatic carbocycles. The Hall–Kier alpha value is -1.72. The van der Waals surface area contributed by atoms with E-state index in [0.717, 1.165) is 45.7 Å². The number of morpholine rings is 1. The molecule has 7 nitrogen and oxygen atoms in total. The van der Waals surface area contributed by atoms with Crippen LogP contribution in [-0.2, 0) is 14.8 Å². The molecular weight excluding hydrogens is 394 g/mol. The SMILES string of the molecule is NS(=O)(=O)c1cc2c(s1)SN(c1cccc(O)c1)C(N1CCOCC1)=C2. The van der Waals surface area contributed by atoms with Crippen molar-refractivity contribution in [3.05, 3.63) is 41.7 Å². The van der Waals surface area contributed by atoms with Gasteiger partial charge in [-0.05, 0) is 24.3 Å². The topological polar surface area (TPSA) is 96.1 Å². The average Bonchev–Trinajstić information content (AvgIpc) is 3.05. The summed E-state index contributed by atoms with van der Waals surface area (Å²) in [6, 6.07) is 8.59. The number of thiophene rings is 1. The molecule has 4 rings (SSSR count). The fourth-order valence-corrected chi connectivity index (χ4v) is 6.10. The minimum Gasteiger partial charge on any atom is -0.508 e. The van der Waals surface area contributed by atoms with Crippen LogP contribution < -0.4 is 9.44 Å². The first-order chi connectivity index (χ1) is 12.4. The van der Waals surface area contributed by atoms with Crippen LogP contribution >= 0.6 is 23.3 Å². The highest BCUT2D eigenvalue weighted by molar-refractivity contribution is 8.03. The number of sulfonamides is 1. The summed E-state index contributed by atoms with van der Waals surface area (Å²) in [6.07, 6.45) is 1.96. The van der Waals surface area contributed by atoms with Crippen LogP contribution in [0.4, 0.5) is 5.69 Å². The molecule has 10 heteroatoms. The van der Waals surface area contributed by atoms with Crippen molar-refractivity contribution in [2.75, 3.05) is 30.6 Å². The van der Waals surface area contributed by atoms with Gasteiger partial charge in [0.15, 0.2) is 0 Å². The first-order valence-electron chi connectivity index (χ1n) is 7.90. The molecule has 0 atom stereocenters. The van der Waals surface area contributed by atoms with Gasteiger partial charge in [-0.15, -0.1) is 11.3 Å². The van der Waals surface area contributed by atoms with E-state index in [0.29, 0.717) is 13.2 Å². The molecule has 26 heavy (non-hydrogen) atoms. The van der Waals surface area contributed by atoms with Crippen molar-refractivity contribution < 1.29 is 18.3 Å². The van der Waals surface area contributed by atoms with Crippen molar-refractivity contribution in [1.29, 1.82) is 0 Å². The molecule has 1 fully saturated rings. The second kappa shape index (κ2) is 6.78. The van der Waals surface area contributed by atoms with Crippen molar-refractivity contribution in [3.63, 3.8) is 0 Å². The molecule has 0 unspecified atom stereocenters. The number of aromatic hydroxyl groups is 1. The van der Waals surface area contributed by atoms with Gasteiger partial charge in [-0.25, -0.2) is 13.6 Å². The zero-order valence-corrected chi connectivity index (χ0v) is 16.1. The molecule has 0 amide bonds. The number of ether oxygens (including phenoxy) is 1. The summed E-state index contributed by atoms with van der Waals surface area (Å²) in [4.78, 5) is 2.19. The van der Waals surface area contributed by atoms with E-state index in [1.807, 2.05) is 16.4 Å². The molecule has 3 N–H and O–H groups in total. The maximum atomic E-state index is 11.7. The Morgan fingerprint density at radius 2 is 1.96 bits per heavy atom. The number of hydrogen-bond acceptors (Lipinski definition) is 8. The number of nitrogens with zero attached hydrogens (tertiary/aromatic N) is 2. The Morgan fingerprint density at radius 1 is 1.19 bits per heavy atom. The van der Waals surface area contributed by atoms with Gasteiger partial charge in [0, 0.05) is 36.7 Å². The number of fused-ring (bicyclic) bond motifs is 1. The van der Waals surface area contributed by atoms with Crippen molar-refractivity contribution >= 4 is 45.1 Å². The lowest BCUT2D eigenvalue weighted by atomic mass is 10.2. The summed E-state index contributed by atoms with van der Waals surface area (Å²) < 4.78 is 31.9. The molecule has 3 heterocycles. The van der Waals surface area contributed by atoms with Crippen molar-refractivity contribution in [2.45, 2.75) is 8.42 Å². The zero-order valence-electron chi connectivity index (χ0n) is 13.7. The summed E-state index contributed by atoms with van der Waals surface area (Å²) in [6.45, 7) is 2.75. The molecule has 2 aromatic rings. The van der Waals surface area contributed by atoms with Crippen molar-refractivity contribution in [2.24, 2.45) is 5.14 Å². The van der Waals surface area contributed by atoms with E-state index in [1.165, 1.54) is 11.9 Å². The Balaban J connectivity index is 1.79. The van der Waals surface area contributed by atoms with Crippen LogP contribution in [0.5, 0.6) is 5.75 Å². The Bertz CT molecular complexity index is 965. The predicted octanol–water partition coefficient (Wildman–Crippen LogP) is 2.26. The smallest absolute Gasteiger partial charge is 0.247 e. The van der Waals surface area contributed by atoms with E-state index in [-0.39, 0.29) is 9.96 Å². The Morgan fingerprint density at radius 3 is 2.65 bits per heavy atom. The number of phenolic OH excluding ortho intramolecular Hbond substituents is 1. The summed E-state index contributed by atoms with van der Waals surface area (Å²) in [7, 11) is -3.74. The minimum absolute atomic E-state index is 0.144. The molecule has 0 spiro atoms. The van der Waals surface area contributed by atoms with Crippen LogP contribution in [0.3, 0.4) is 0 Å². The number of phenols is 1. The van der Waals surface area contributed by atoms with Crippen LogP contribution in [0, 0.1) is 0 Å².